The first-order valence-electron chi connectivity index (χ1n) is 6.51. The Labute approximate surface area is 104 Å². The molecule has 17 heavy (non-hydrogen) atoms. The summed E-state index contributed by atoms with van der Waals surface area (Å²) in [7, 11) is 1.96. The molecule has 98 valence electrons. The molecule has 0 aliphatic carbocycles. The van der Waals surface area contributed by atoms with E-state index in [1.54, 1.807) is 0 Å². The Balaban J connectivity index is 2.92. The van der Waals surface area contributed by atoms with Gasteiger partial charge in [0.25, 0.3) is 0 Å². The van der Waals surface area contributed by atoms with Crippen molar-refractivity contribution in [1.29, 1.82) is 0 Å². The first-order valence-corrected chi connectivity index (χ1v) is 6.51. The van der Waals surface area contributed by atoms with Crippen LogP contribution in [0.5, 0.6) is 0 Å². The molecule has 0 aliphatic rings. The summed E-state index contributed by atoms with van der Waals surface area (Å²) in [4.78, 5) is 4.55. The molecule has 0 fully saturated rings. The molecule has 1 N–H and O–H groups in total. The molecule has 1 heterocycles. The monoisotopic (exact) mass is 239 g/mol. The Kier molecular flexibility index (Phi) is 5.12. The third-order valence-electron chi connectivity index (χ3n) is 3.51. The molecule has 0 bridgehead atoms. The summed E-state index contributed by atoms with van der Waals surface area (Å²) in [6, 6.07) is 0.334. The molecule has 1 aromatic heterocycles. The van der Waals surface area contributed by atoms with Gasteiger partial charge in [-0.1, -0.05) is 32.9 Å². The number of rotatable bonds is 6. The lowest BCUT2D eigenvalue weighted by molar-refractivity contribution is 0.284. The number of likely N-dealkylation sites (N-methyl/N-ethyl adjacent to an activating group) is 1. The fourth-order valence-corrected chi connectivity index (χ4v) is 2.02. The summed E-state index contributed by atoms with van der Waals surface area (Å²) < 4.78 is 5.43. The average Bonchev–Trinajstić information content (AvgIpc) is 2.76. The molecule has 1 rings (SSSR count). The van der Waals surface area contributed by atoms with Gasteiger partial charge in [-0.15, -0.1) is 0 Å². The molecule has 4 heteroatoms. The molecule has 0 spiro atoms. The predicted molar refractivity (Wildman–Crippen MR) is 69.1 cm³/mol. The van der Waals surface area contributed by atoms with E-state index in [9.17, 15) is 0 Å². The van der Waals surface area contributed by atoms with Crippen LogP contribution in [0.2, 0.25) is 0 Å². The summed E-state index contributed by atoms with van der Waals surface area (Å²) in [5.41, 5.74) is 0. The van der Waals surface area contributed by atoms with Crippen LogP contribution in [-0.4, -0.2) is 23.2 Å². The van der Waals surface area contributed by atoms with Gasteiger partial charge < -0.3 is 9.84 Å². The van der Waals surface area contributed by atoms with E-state index in [1.807, 2.05) is 7.05 Å². The second-order valence-electron chi connectivity index (χ2n) is 5.15. The lowest BCUT2D eigenvalue weighted by atomic mass is 9.89. The van der Waals surface area contributed by atoms with Crippen molar-refractivity contribution in [1.82, 2.24) is 15.5 Å². The number of nitrogens with one attached hydrogen (secondary N) is 1. The Morgan fingerprint density at radius 2 is 1.88 bits per heavy atom. The molecular weight excluding hydrogens is 214 g/mol. The van der Waals surface area contributed by atoms with Crippen LogP contribution in [0.4, 0.5) is 0 Å². The van der Waals surface area contributed by atoms with Gasteiger partial charge in [0.2, 0.25) is 5.89 Å². The first kappa shape index (κ1) is 14.2. The molecular formula is C13H25N3O. The minimum absolute atomic E-state index is 0.269. The van der Waals surface area contributed by atoms with E-state index in [0.717, 1.165) is 18.1 Å². The second kappa shape index (κ2) is 6.15. The fourth-order valence-electron chi connectivity index (χ4n) is 2.02. The van der Waals surface area contributed by atoms with Crippen molar-refractivity contribution in [3.63, 3.8) is 0 Å². The Hall–Kier alpha value is -0.900. The summed E-state index contributed by atoms with van der Waals surface area (Å²) in [5, 5.41) is 7.36. The van der Waals surface area contributed by atoms with Gasteiger partial charge in [0, 0.05) is 12.0 Å². The molecule has 4 nitrogen and oxygen atoms in total. The Morgan fingerprint density at radius 1 is 1.24 bits per heavy atom. The summed E-state index contributed by atoms with van der Waals surface area (Å²) in [6.07, 6.45) is 1.03. The Morgan fingerprint density at radius 3 is 2.35 bits per heavy atom. The highest BCUT2D eigenvalue weighted by Gasteiger charge is 2.28. The van der Waals surface area contributed by atoms with Gasteiger partial charge in [-0.05, 0) is 26.3 Å². The maximum atomic E-state index is 5.43. The molecule has 0 radical (unpaired) electrons. The van der Waals surface area contributed by atoms with E-state index in [0.29, 0.717) is 17.9 Å². The molecule has 0 aliphatic heterocycles. The Bertz CT molecular complexity index is 335. The van der Waals surface area contributed by atoms with E-state index in [1.165, 1.54) is 0 Å². The fraction of sp³-hybridized carbons (Fsp3) is 0.846. The van der Waals surface area contributed by atoms with Gasteiger partial charge in [-0.25, -0.2) is 0 Å². The molecule has 0 aromatic carbocycles. The highest BCUT2D eigenvalue weighted by Crippen LogP contribution is 2.28. The lowest BCUT2D eigenvalue weighted by Gasteiger charge is -2.23. The van der Waals surface area contributed by atoms with Gasteiger partial charge in [0.1, 0.15) is 0 Å². The number of nitrogens with zero attached hydrogens (tertiary/aromatic N) is 2. The molecule has 0 saturated heterocycles. The van der Waals surface area contributed by atoms with Crippen LogP contribution in [-0.2, 0) is 0 Å². The van der Waals surface area contributed by atoms with Crippen molar-refractivity contribution in [3.05, 3.63) is 11.7 Å². The van der Waals surface area contributed by atoms with Crippen LogP contribution in [0.25, 0.3) is 0 Å². The normalized spacial score (nSPS) is 17.1. The van der Waals surface area contributed by atoms with Crippen molar-refractivity contribution in [2.24, 2.45) is 5.92 Å². The lowest BCUT2D eigenvalue weighted by Crippen LogP contribution is -2.32. The van der Waals surface area contributed by atoms with Gasteiger partial charge in [-0.2, -0.15) is 4.98 Å². The molecule has 3 unspecified atom stereocenters. The zero-order valence-electron chi connectivity index (χ0n) is 11.8. The van der Waals surface area contributed by atoms with Crippen molar-refractivity contribution >= 4 is 0 Å². The zero-order chi connectivity index (χ0) is 13.0. The standard InChI is InChI=1S/C13H25N3O/c1-7-9(4)12-15-13(17-16-12)11(8(2)3)10(5)14-6/h8-11,14H,7H2,1-6H3. The van der Waals surface area contributed by atoms with Gasteiger partial charge in [0.05, 0.1) is 5.92 Å². The van der Waals surface area contributed by atoms with E-state index < -0.39 is 0 Å². The third-order valence-corrected chi connectivity index (χ3v) is 3.51. The molecule has 0 saturated carbocycles. The average molecular weight is 239 g/mol. The maximum Gasteiger partial charge on any atom is 0.231 e. The van der Waals surface area contributed by atoms with Crippen molar-refractivity contribution in [2.75, 3.05) is 7.05 Å². The molecule has 1 aromatic rings. The van der Waals surface area contributed by atoms with Gasteiger partial charge in [-0.3, -0.25) is 0 Å². The number of aromatic nitrogens is 2. The quantitative estimate of drug-likeness (QED) is 0.829. The van der Waals surface area contributed by atoms with Crippen LogP contribution < -0.4 is 5.32 Å². The highest BCUT2D eigenvalue weighted by molar-refractivity contribution is 5.02. The molecule has 0 amide bonds. The summed E-state index contributed by atoms with van der Waals surface area (Å²) in [5.74, 6) is 2.70. The third kappa shape index (κ3) is 3.28. The van der Waals surface area contributed by atoms with Crippen molar-refractivity contribution in [2.45, 2.75) is 58.9 Å². The topological polar surface area (TPSA) is 51.0 Å². The highest BCUT2D eigenvalue weighted by atomic mass is 16.5. The van der Waals surface area contributed by atoms with Gasteiger partial charge >= 0.3 is 0 Å². The van der Waals surface area contributed by atoms with Crippen molar-refractivity contribution in [3.8, 4) is 0 Å². The van der Waals surface area contributed by atoms with Crippen molar-refractivity contribution < 1.29 is 4.52 Å². The second-order valence-corrected chi connectivity index (χ2v) is 5.15. The predicted octanol–water partition coefficient (Wildman–Crippen LogP) is 2.93. The van der Waals surface area contributed by atoms with Crippen LogP contribution in [0.15, 0.2) is 4.52 Å². The number of hydrogen-bond acceptors (Lipinski definition) is 4. The van der Waals surface area contributed by atoms with E-state index in [2.05, 4.69) is 50.1 Å². The van der Waals surface area contributed by atoms with Crippen LogP contribution in [0.3, 0.4) is 0 Å². The largest absolute Gasteiger partial charge is 0.339 e. The number of hydrogen-bond donors (Lipinski definition) is 1. The van der Waals surface area contributed by atoms with E-state index >= 15 is 0 Å². The first-order chi connectivity index (χ1) is 8.01. The summed E-state index contributed by atoms with van der Waals surface area (Å²) >= 11 is 0. The van der Waals surface area contributed by atoms with Crippen LogP contribution in [0, 0.1) is 5.92 Å². The zero-order valence-corrected chi connectivity index (χ0v) is 11.8. The molecule has 3 atom stereocenters. The van der Waals surface area contributed by atoms with Crippen LogP contribution >= 0.6 is 0 Å². The van der Waals surface area contributed by atoms with Crippen LogP contribution in [0.1, 0.15) is 64.6 Å². The SMILES string of the molecule is CCC(C)c1noc(C(C(C)C)C(C)NC)n1. The van der Waals surface area contributed by atoms with Gasteiger partial charge in [0.15, 0.2) is 5.82 Å². The smallest absolute Gasteiger partial charge is 0.231 e. The summed E-state index contributed by atoms with van der Waals surface area (Å²) in [6.45, 7) is 10.8. The minimum Gasteiger partial charge on any atom is -0.339 e. The minimum atomic E-state index is 0.269. The van der Waals surface area contributed by atoms with E-state index in [4.69, 9.17) is 4.52 Å². The van der Waals surface area contributed by atoms with E-state index in [-0.39, 0.29) is 5.92 Å². The maximum absolute atomic E-state index is 5.43.